The van der Waals surface area contributed by atoms with Gasteiger partial charge in [-0.15, -0.1) is 0 Å². The summed E-state index contributed by atoms with van der Waals surface area (Å²) in [5.41, 5.74) is 5.80. The van der Waals surface area contributed by atoms with Crippen LogP contribution in [0.2, 0.25) is 0 Å². The summed E-state index contributed by atoms with van der Waals surface area (Å²) in [6, 6.07) is 40.6. The second kappa shape index (κ2) is 18.1. The van der Waals surface area contributed by atoms with E-state index in [1.54, 1.807) is 66.7 Å². The van der Waals surface area contributed by atoms with Gasteiger partial charge in [0.15, 0.2) is 0 Å². The number of benzene rings is 9. The number of carbonyl (C=O) groups is 6. The van der Waals surface area contributed by atoms with E-state index in [0.29, 0.717) is 38.0 Å². The Bertz CT molecular complexity index is 3670. The van der Waals surface area contributed by atoms with Crippen LogP contribution in [0.3, 0.4) is 0 Å². The average Bonchev–Trinajstić information content (AvgIpc) is 3.34. The predicted octanol–water partition coefficient (Wildman–Crippen LogP) is 11.1. The van der Waals surface area contributed by atoms with Gasteiger partial charge in [0.1, 0.15) is 11.5 Å². The van der Waals surface area contributed by atoms with Crippen LogP contribution in [0.5, 0.6) is 11.5 Å². The Morgan fingerprint density at radius 1 is 0.406 bits per heavy atom. The number of hydrogen-bond acceptors (Lipinski definition) is 9. The highest BCUT2D eigenvalue weighted by atomic mass is 16.5. The zero-order valence-electron chi connectivity index (χ0n) is 37.5. The first-order chi connectivity index (χ1) is 33.2. The third kappa shape index (κ3) is 8.99. The van der Waals surface area contributed by atoms with Gasteiger partial charge in [-0.2, -0.15) is 0 Å². The molecule has 0 aliphatic carbocycles. The molecule has 0 spiro atoms. The van der Waals surface area contributed by atoms with E-state index in [-0.39, 0.29) is 44.9 Å². The van der Waals surface area contributed by atoms with Gasteiger partial charge >= 0.3 is 23.9 Å². The molecule has 0 fully saturated rings. The first-order valence-corrected chi connectivity index (χ1v) is 21.6. The van der Waals surface area contributed by atoms with Crippen molar-refractivity contribution >= 4 is 90.2 Å². The Morgan fingerprint density at radius 3 is 1.22 bits per heavy atom. The Labute approximate surface area is 393 Å². The number of hydrogen-bond donors (Lipinski definition) is 5. The Balaban J connectivity index is 0.892. The molecule has 5 N–H and O–H groups in total. The van der Waals surface area contributed by atoms with Gasteiger partial charge in [-0.05, 0) is 201 Å². The van der Waals surface area contributed by atoms with Crippen LogP contribution in [0.25, 0.3) is 54.2 Å². The van der Waals surface area contributed by atoms with Gasteiger partial charge in [-0.1, -0.05) is 24.3 Å². The summed E-state index contributed by atoms with van der Waals surface area (Å²) < 4.78 is 11.3. The van der Waals surface area contributed by atoms with Crippen molar-refractivity contribution in [2.24, 2.45) is 0 Å². The molecule has 0 aliphatic heterocycles. The second-order valence-corrected chi connectivity index (χ2v) is 16.5. The summed E-state index contributed by atoms with van der Waals surface area (Å²) in [6.07, 6.45) is 0. The Morgan fingerprint density at radius 2 is 0.797 bits per heavy atom. The van der Waals surface area contributed by atoms with Gasteiger partial charge in [-0.3, -0.25) is 9.59 Å². The van der Waals surface area contributed by atoms with Crippen molar-refractivity contribution in [3.05, 3.63) is 190 Å². The van der Waals surface area contributed by atoms with Crippen molar-refractivity contribution in [2.75, 3.05) is 24.7 Å². The summed E-state index contributed by atoms with van der Waals surface area (Å²) >= 11 is 0. The summed E-state index contributed by atoms with van der Waals surface area (Å²) in [7, 11) is 3.28. The average molecular weight is 916 g/mol. The standard InChI is InChI=1S/C56H41N3O10/c1-29-17-41(57-3)9-15-45(29)46-16-10-42(18-30(46)2)59-52(61)48-26-40-24-36-22-34(8-6-32(36)20-38(40)28-50(48)54(64)65)56(67)69-44-13-11-43(12-14-44)68-55(66)33-7-5-31-19-37-27-49(53(62)63)47(51(60)58-4)25-39(37)23-35(31)21-33/h5-28,57H,1-4H3,(H,58,60)(H,59,61)(H,62,63)(H,64,65). The number of esters is 2. The fraction of sp³-hybridized carbons (Fsp3) is 0.0714. The number of aromatic carboxylic acids is 2. The molecule has 340 valence electrons. The fourth-order valence-corrected chi connectivity index (χ4v) is 8.49. The van der Waals surface area contributed by atoms with E-state index >= 15 is 0 Å². The molecule has 13 heteroatoms. The lowest BCUT2D eigenvalue weighted by atomic mass is 9.95. The minimum atomic E-state index is -1.25. The van der Waals surface area contributed by atoms with E-state index < -0.39 is 35.7 Å². The molecule has 2 amide bonds. The van der Waals surface area contributed by atoms with Crippen LogP contribution in [-0.4, -0.2) is 60.0 Å². The maximum atomic E-state index is 13.7. The number of carboxylic acid groups (broad SMARTS) is 2. The zero-order chi connectivity index (χ0) is 48.7. The largest absolute Gasteiger partial charge is 0.478 e. The Hall–Kier alpha value is -9.36. The number of aryl methyl sites for hydroxylation is 2. The lowest BCUT2D eigenvalue weighted by Gasteiger charge is -2.14. The third-order valence-electron chi connectivity index (χ3n) is 12.0. The van der Waals surface area contributed by atoms with E-state index in [1.165, 1.54) is 55.6 Å². The lowest BCUT2D eigenvalue weighted by molar-refractivity contribution is 0.0683. The van der Waals surface area contributed by atoms with Crippen molar-refractivity contribution < 1.29 is 48.5 Å². The molecule has 13 nitrogen and oxygen atoms in total. The molecule has 0 aliphatic rings. The molecular formula is C56H41N3O10. The summed E-state index contributed by atoms with van der Waals surface area (Å²) in [4.78, 5) is 77.1. The molecule has 0 atom stereocenters. The fourth-order valence-electron chi connectivity index (χ4n) is 8.49. The molecule has 0 unspecified atom stereocenters. The lowest BCUT2D eigenvalue weighted by Crippen LogP contribution is -2.21. The molecule has 9 aromatic carbocycles. The van der Waals surface area contributed by atoms with Gasteiger partial charge in [0.05, 0.1) is 33.4 Å². The number of carboxylic acids is 2. The maximum Gasteiger partial charge on any atom is 0.343 e. The minimum absolute atomic E-state index is 0.0148. The van der Waals surface area contributed by atoms with E-state index in [1.807, 2.05) is 45.2 Å². The van der Waals surface area contributed by atoms with Crippen molar-refractivity contribution in [1.82, 2.24) is 5.32 Å². The minimum Gasteiger partial charge on any atom is -0.478 e. The van der Waals surface area contributed by atoms with E-state index in [9.17, 15) is 39.0 Å². The number of ether oxygens (including phenoxy) is 2. The SMILES string of the molecule is CNC(=O)c1cc2cc3cc(C(=O)Oc4ccc(OC(=O)c5ccc6cc7cc(C(=O)O)c(C(=O)Nc8ccc(-c9ccc(NC)cc9C)c(C)c8)cc7cc6c5)cc4)ccc3cc2cc1C(=O)O. The van der Waals surface area contributed by atoms with Gasteiger partial charge in [0.25, 0.3) is 11.8 Å². The van der Waals surface area contributed by atoms with E-state index in [4.69, 9.17) is 9.47 Å². The summed E-state index contributed by atoms with van der Waals surface area (Å²) in [5.74, 6) is -4.51. The zero-order valence-corrected chi connectivity index (χ0v) is 37.5. The predicted molar refractivity (Wildman–Crippen MR) is 265 cm³/mol. The molecule has 69 heavy (non-hydrogen) atoms. The van der Waals surface area contributed by atoms with Crippen molar-refractivity contribution in [1.29, 1.82) is 0 Å². The number of rotatable bonds is 11. The number of nitrogens with one attached hydrogen (secondary N) is 3. The quantitative estimate of drug-likeness (QED) is 0.0470. The maximum absolute atomic E-state index is 13.7. The van der Waals surface area contributed by atoms with E-state index in [2.05, 4.69) is 22.0 Å². The van der Waals surface area contributed by atoms with Crippen molar-refractivity contribution in [2.45, 2.75) is 13.8 Å². The topological polar surface area (TPSA) is 197 Å². The van der Waals surface area contributed by atoms with Crippen LogP contribution in [0, 0.1) is 13.8 Å². The van der Waals surface area contributed by atoms with Crippen LogP contribution >= 0.6 is 0 Å². The highest BCUT2D eigenvalue weighted by Crippen LogP contribution is 2.33. The normalized spacial score (nSPS) is 11.1. The van der Waals surface area contributed by atoms with Crippen LogP contribution in [-0.2, 0) is 0 Å². The summed E-state index contributed by atoms with van der Waals surface area (Å²) in [6.45, 7) is 3.99. The van der Waals surface area contributed by atoms with Crippen LogP contribution in [0.1, 0.15) is 73.3 Å². The Kier molecular flexibility index (Phi) is 11.8. The van der Waals surface area contributed by atoms with Crippen molar-refractivity contribution in [3.8, 4) is 22.6 Å². The van der Waals surface area contributed by atoms with E-state index in [0.717, 1.165) is 38.7 Å². The molecule has 0 bridgehead atoms. The van der Waals surface area contributed by atoms with Crippen molar-refractivity contribution in [3.63, 3.8) is 0 Å². The molecule has 0 aromatic heterocycles. The van der Waals surface area contributed by atoms with Gasteiger partial charge in [0.2, 0.25) is 0 Å². The smallest absolute Gasteiger partial charge is 0.343 e. The highest BCUT2D eigenvalue weighted by molar-refractivity contribution is 6.15. The molecule has 0 saturated heterocycles. The number of fused-ring (bicyclic) bond motifs is 4. The summed E-state index contributed by atoms with van der Waals surface area (Å²) in [5, 5.41) is 33.5. The van der Waals surface area contributed by atoms with Crippen LogP contribution in [0.4, 0.5) is 11.4 Å². The van der Waals surface area contributed by atoms with Crippen LogP contribution < -0.4 is 25.4 Å². The highest BCUT2D eigenvalue weighted by Gasteiger charge is 2.21. The van der Waals surface area contributed by atoms with Gasteiger partial charge < -0.3 is 35.6 Å². The van der Waals surface area contributed by atoms with Gasteiger partial charge in [0, 0.05) is 25.5 Å². The number of amides is 2. The second-order valence-electron chi connectivity index (χ2n) is 16.5. The first-order valence-electron chi connectivity index (χ1n) is 21.6. The number of carbonyl (C=O) groups excluding carboxylic acids is 4. The first kappa shape index (κ1) is 44.8. The number of anilines is 2. The molecule has 0 radical (unpaired) electrons. The molecule has 0 saturated carbocycles. The monoisotopic (exact) mass is 915 g/mol. The van der Waals surface area contributed by atoms with Crippen LogP contribution in [0.15, 0.2) is 146 Å². The molecule has 0 heterocycles. The molecule has 9 aromatic rings. The molecular weight excluding hydrogens is 875 g/mol. The third-order valence-corrected chi connectivity index (χ3v) is 12.0. The van der Waals surface area contributed by atoms with Gasteiger partial charge in [-0.25, -0.2) is 19.2 Å². The molecule has 9 rings (SSSR count).